The molecule has 4 aromatic rings. The first-order valence-electron chi connectivity index (χ1n) is 12.6. The smallest absolute Gasteiger partial charge is 0.308 e. The number of anilines is 2. The number of carbonyl (C=O) groups is 3. The number of primary sulfonamides is 1. The summed E-state index contributed by atoms with van der Waals surface area (Å²) in [7, 11) is -3.90. The van der Waals surface area contributed by atoms with Crippen LogP contribution < -0.4 is 20.2 Å². The van der Waals surface area contributed by atoms with Crippen LogP contribution in [0.3, 0.4) is 0 Å². The summed E-state index contributed by atoms with van der Waals surface area (Å²) in [4.78, 5) is 55.3. The van der Waals surface area contributed by atoms with Gasteiger partial charge in [-0.2, -0.15) is 0 Å². The van der Waals surface area contributed by atoms with Crippen molar-refractivity contribution in [3.8, 4) is 0 Å². The maximum Gasteiger partial charge on any atom is 0.308 e. The molecule has 2 aliphatic heterocycles. The highest BCUT2D eigenvalue weighted by Gasteiger charge is 2.56. The average molecular weight is 720 g/mol. The number of benzene rings is 3. The van der Waals surface area contributed by atoms with Crippen LogP contribution in [0.5, 0.6) is 0 Å². The van der Waals surface area contributed by atoms with E-state index in [1.54, 1.807) is 24.3 Å². The molecule has 0 bridgehead atoms. The van der Waals surface area contributed by atoms with E-state index in [-0.39, 0.29) is 17.3 Å². The number of hydrogen-bond donors (Lipinski definition) is 2. The minimum Gasteiger partial charge on any atom is -0.325 e. The van der Waals surface area contributed by atoms with Crippen molar-refractivity contribution in [2.75, 3.05) is 10.2 Å². The first-order valence-corrected chi connectivity index (χ1v) is 17.1. The van der Waals surface area contributed by atoms with Crippen LogP contribution in [-0.2, 0) is 31.0 Å². The van der Waals surface area contributed by atoms with Crippen LogP contribution >= 0.6 is 50.6 Å². The molecule has 43 heavy (non-hydrogen) atoms. The monoisotopic (exact) mass is 718 g/mol. The number of carbonyl (C=O) groups excluding carboxylic acids is 3. The van der Waals surface area contributed by atoms with Gasteiger partial charge in [-0.05, 0) is 66.2 Å². The third kappa shape index (κ3) is 5.58. The summed E-state index contributed by atoms with van der Waals surface area (Å²) in [6.45, 7) is -0.359. The normalized spacial score (nSPS) is 19.7. The molecule has 0 saturated carbocycles. The minimum absolute atomic E-state index is 0.109. The number of sulfonamides is 1. The molecule has 2 aliphatic rings. The number of thioether (sulfide) groups is 1. The number of imide groups is 1. The molecular formula is C28H20BrClN4O6S3. The number of nitrogens with one attached hydrogen (secondary N) is 1. The second-order valence-corrected chi connectivity index (χ2v) is 14.9. The minimum atomic E-state index is -3.90. The topological polar surface area (TPSA) is 149 Å². The van der Waals surface area contributed by atoms with Crippen LogP contribution in [0.25, 0.3) is 0 Å². The Morgan fingerprint density at radius 3 is 2.23 bits per heavy atom. The fraction of sp³-hybridized carbons (Fsp3) is 0.143. The molecule has 1 aromatic heterocycles. The van der Waals surface area contributed by atoms with Crippen LogP contribution in [0.15, 0.2) is 92.0 Å². The Labute approximate surface area is 267 Å². The number of fused-ring (bicyclic) bond motifs is 2. The second-order valence-electron chi connectivity index (χ2n) is 9.82. The molecule has 3 heterocycles. The molecule has 10 nitrogen and oxygen atoms in total. The molecule has 1 fully saturated rings. The van der Waals surface area contributed by atoms with Gasteiger partial charge in [-0.25, -0.2) is 18.5 Å². The van der Waals surface area contributed by atoms with E-state index in [0.717, 1.165) is 33.1 Å². The van der Waals surface area contributed by atoms with E-state index < -0.39 is 43.8 Å². The summed E-state index contributed by atoms with van der Waals surface area (Å²) in [6, 6.07) is 19.1. The fourth-order valence-corrected chi connectivity index (χ4v) is 8.88. The number of amides is 3. The molecule has 220 valence electrons. The Hall–Kier alpha value is -3.27. The molecule has 3 aromatic carbocycles. The quantitative estimate of drug-likeness (QED) is 0.281. The molecule has 3 amide bonds. The Morgan fingerprint density at radius 2 is 1.60 bits per heavy atom. The van der Waals surface area contributed by atoms with Crippen LogP contribution in [0.2, 0.25) is 5.02 Å². The summed E-state index contributed by atoms with van der Waals surface area (Å²) in [5, 5.41) is 7.86. The van der Waals surface area contributed by atoms with Gasteiger partial charge in [0.05, 0.1) is 21.5 Å². The summed E-state index contributed by atoms with van der Waals surface area (Å²) in [5.74, 6) is -2.71. The van der Waals surface area contributed by atoms with E-state index >= 15 is 0 Å². The van der Waals surface area contributed by atoms with Crippen LogP contribution in [0, 0.1) is 5.92 Å². The molecule has 0 aliphatic carbocycles. The van der Waals surface area contributed by atoms with E-state index in [4.69, 9.17) is 16.7 Å². The molecule has 0 spiro atoms. The van der Waals surface area contributed by atoms with E-state index in [0.29, 0.717) is 26.3 Å². The number of nitrogens with zero attached hydrogens (tertiary/aromatic N) is 2. The first-order chi connectivity index (χ1) is 20.4. The highest BCUT2D eigenvalue weighted by Crippen LogP contribution is 2.54. The van der Waals surface area contributed by atoms with Crippen LogP contribution in [-0.4, -0.2) is 36.0 Å². The van der Waals surface area contributed by atoms with Gasteiger partial charge in [0.1, 0.15) is 11.8 Å². The highest BCUT2D eigenvalue weighted by atomic mass is 79.9. The highest BCUT2D eigenvalue weighted by molar-refractivity contribution is 9.10. The van der Waals surface area contributed by atoms with Gasteiger partial charge in [-0.15, -0.1) is 0 Å². The zero-order valence-corrected chi connectivity index (χ0v) is 26.6. The van der Waals surface area contributed by atoms with Gasteiger partial charge in [-0.3, -0.25) is 23.7 Å². The second kappa shape index (κ2) is 11.3. The molecule has 1 saturated heterocycles. The van der Waals surface area contributed by atoms with E-state index in [1.807, 2.05) is 24.3 Å². The lowest BCUT2D eigenvalue weighted by Gasteiger charge is -2.30. The lowest BCUT2D eigenvalue weighted by Crippen LogP contribution is -2.33. The van der Waals surface area contributed by atoms with Crippen molar-refractivity contribution in [3.05, 3.63) is 102 Å². The molecule has 3 N–H and O–H groups in total. The Bertz CT molecular complexity index is 1940. The van der Waals surface area contributed by atoms with E-state index in [2.05, 4.69) is 21.2 Å². The molecule has 3 atom stereocenters. The number of hydrogen-bond acceptors (Lipinski definition) is 8. The molecule has 15 heteroatoms. The summed E-state index contributed by atoms with van der Waals surface area (Å²) < 4.78 is 25.2. The average Bonchev–Trinajstić information content (AvgIpc) is 3.40. The number of thiazole rings is 1. The zero-order chi connectivity index (χ0) is 30.6. The van der Waals surface area contributed by atoms with Crippen molar-refractivity contribution in [1.82, 2.24) is 4.57 Å². The summed E-state index contributed by atoms with van der Waals surface area (Å²) >= 11 is 11.5. The van der Waals surface area contributed by atoms with E-state index in [9.17, 15) is 27.6 Å². The third-order valence-electron chi connectivity index (χ3n) is 7.13. The van der Waals surface area contributed by atoms with Gasteiger partial charge in [0, 0.05) is 26.0 Å². The number of aromatic nitrogens is 1. The van der Waals surface area contributed by atoms with Crippen molar-refractivity contribution < 1.29 is 22.8 Å². The largest absolute Gasteiger partial charge is 0.325 e. The standard InChI is InChI=1S/C28H20BrClN4O6S3/c29-15-3-1-14(2-4-15)21-22-23(26(37)34(25(22)36)18-9-5-16(30)6-10-18)41-27-24(21)42-28(38)33(27)13-20(35)32-17-7-11-19(12-8-17)43(31,39)40/h1-12,21-23H,13H2,(H,32,35)(H2,31,39,40)/t21-,22?,23?/m1/s1. The maximum absolute atomic E-state index is 13.9. The summed E-state index contributed by atoms with van der Waals surface area (Å²) in [5.41, 5.74) is 1.47. The molecule has 6 rings (SSSR count). The van der Waals surface area contributed by atoms with Gasteiger partial charge in [0.15, 0.2) is 0 Å². The van der Waals surface area contributed by atoms with Crippen molar-refractivity contribution >= 4 is 89.7 Å². The van der Waals surface area contributed by atoms with Crippen molar-refractivity contribution in [3.63, 3.8) is 0 Å². The molecule has 2 unspecified atom stereocenters. The Balaban J connectivity index is 1.36. The Morgan fingerprint density at radius 1 is 0.953 bits per heavy atom. The van der Waals surface area contributed by atoms with E-state index in [1.165, 1.54) is 33.7 Å². The number of halogens is 2. The van der Waals surface area contributed by atoms with Gasteiger partial charge in [-0.1, -0.05) is 62.8 Å². The first kappa shape index (κ1) is 29.8. The van der Waals surface area contributed by atoms with Crippen LogP contribution in [0.4, 0.5) is 11.4 Å². The SMILES string of the molecule is NS(=O)(=O)c1ccc(NC(=O)Cn2c3c(sc2=O)[C@H](c2ccc(Br)cc2)C2C(=O)N(c4ccc(Cl)cc4)C(=O)C2S3)cc1. The zero-order valence-electron chi connectivity index (χ0n) is 21.8. The molecular weight excluding hydrogens is 700 g/mol. The lowest BCUT2D eigenvalue weighted by atomic mass is 9.83. The Kier molecular flexibility index (Phi) is 7.85. The predicted octanol–water partition coefficient (Wildman–Crippen LogP) is 4.41. The molecule has 0 radical (unpaired) electrons. The fourth-order valence-electron chi connectivity index (χ4n) is 5.20. The van der Waals surface area contributed by atoms with Crippen LogP contribution in [0.1, 0.15) is 16.4 Å². The summed E-state index contributed by atoms with van der Waals surface area (Å²) in [6.07, 6.45) is 0. The van der Waals surface area contributed by atoms with Gasteiger partial charge < -0.3 is 5.32 Å². The van der Waals surface area contributed by atoms with Crippen molar-refractivity contribution in [2.24, 2.45) is 11.1 Å². The van der Waals surface area contributed by atoms with Gasteiger partial charge in [0.25, 0.3) is 0 Å². The number of rotatable bonds is 6. The number of nitrogens with two attached hydrogens (primary N) is 1. The van der Waals surface area contributed by atoms with Gasteiger partial charge in [0.2, 0.25) is 27.7 Å². The maximum atomic E-state index is 13.9. The lowest BCUT2D eigenvalue weighted by molar-refractivity contribution is -0.122. The predicted molar refractivity (Wildman–Crippen MR) is 168 cm³/mol. The van der Waals surface area contributed by atoms with Crippen molar-refractivity contribution in [1.29, 1.82) is 0 Å². The van der Waals surface area contributed by atoms with Gasteiger partial charge >= 0.3 is 4.87 Å². The van der Waals surface area contributed by atoms with Crippen molar-refractivity contribution in [2.45, 2.75) is 27.6 Å². The third-order valence-corrected chi connectivity index (χ3v) is 11.4.